The number of benzene rings is 1. The first-order valence-electron chi connectivity index (χ1n) is 4.42. The second kappa shape index (κ2) is 3.83. The summed E-state index contributed by atoms with van der Waals surface area (Å²) in [6.45, 7) is 0. The van der Waals surface area contributed by atoms with Crippen LogP contribution in [0.25, 0.3) is 11.1 Å². The lowest BCUT2D eigenvalue weighted by molar-refractivity contribution is -0.134. The number of para-hydroxylation sites is 1. The Labute approximate surface area is 93.8 Å². The van der Waals surface area contributed by atoms with Gasteiger partial charge < -0.3 is 5.11 Å². The molecule has 0 unspecified atom stereocenters. The smallest absolute Gasteiger partial charge is 0.425 e. The maximum Gasteiger partial charge on any atom is 0.425 e. The molecule has 0 amide bonds. The molecule has 1 N–H and O–H groups in total. The molecular formula is C11H7F3OS. The van der Waals surface area contributed by atoms with E-state index in [4.69, 9.17) is 0 Å². The monoisotopic (exact) mass is 244 g/mol. The van der Waals surface area contributed by atoms with Crippen LogP contribution >= 0.6 is 11.3 Å². The molecule has 0 fully saturated rings. The maximum atomic E-state index is 12.4. The molecule has 0 spiro atoms. The molecule has 0 radical (unpaired) electrons. The standard InChI is InChI=1S/C11H7F3OS/c12-11(13,14)10-5-7(6-16-10)8-3-1-2-4-9(8)15/h1-6,15H. The molecule has 1 aromatic carbocycles. The molecule has 0 atom stereocenters. The van der Waals surface area contributed by atoms with Gasteiger partial charge in [0.1, 0.15) is 10.6 Å². The van der Waals surface area contributed by atoms with E-state index in [9.17, 15) is 18.3 Å². The Morgan fingerprint density at radius 1 is 1.12 bits per heavy atom. The van der Waals surface area contributed by atoms with Crippen molar-refractivity contribution in [3.8, 4) is 16.9 Å². The first-order chi connectivity index (χ1) is 7.48. The number of hydrogen-bond acceptors (Lipinski definition) is 2. The third kappa shape index (κ3) is 2.04. The van der Waals surface area contributed by atoms with E-state index in [0.717, 1.165) is 6.07 Å². The molecule has 0 bridgehead atoms. The molecular weight excluding hydrogens is 237 g/mol. The molecule has 2 rings (SSSR count). The van der Waals surface area contributed by atoms with Crippen LogP contribution in [0.2, 0.25) is 0 Å². The summed E-state index contributed by atoms with van der Waals surface area (Å²) in [5.74, 6) is -0.0194. The van der Waals surface area contributed by atoms with Gasteiger partial charge in [-0.1, -0.05) is 18.2 Å². The molecule has 0 saturated heterocycles. The van der Waals surface area contributed by atoms with Crippen molar-refractivity contribution in [3.63, 3.8) is 0 Å². The van der Waals surface area contributed by atoms with E-state index in [0.29, 0.717) is 22.5 Å². The van der Waals surface area contributed by atoms with Crippen molar-refractivity contribution in [3.05, 3.63) is 40.6 Å². The van der Waals surface area contributed by atoms with E-state index < -0.39 is 11.1 Å². The van der Waals surface area contributed by atoms with Crippen molar-refractivity contribution in [2.24, 2.45) is 0 Å². The van der Waals surface area contributed by atoms with Crippen LogP contribution in [0, 0.1) is 0 Å². The van der Waals surface area contributed by atoms with Crippen LogP contribution in [0.5, 0.6) is 5.75 Å². The zero-order valence-electron chi connectivity index (χ0n) is 7.95. The highest BCUT2D eigenvalue weighted by atomic mass is 32.1. The van der Waals surface area contributed by atoms with Gasteiger partial charge in [-0.3, -0.25) is 0 Å². The Hall–Kier alpha value is -1.49. The summed E-state index contributed by atoms with van der Waals surface area (Å²) in [5, 5.41) is 10.9. The molecule has 0 aliphatic rings. The third-order valence-electron chi connectivity index (χ3n) is 2.09. The Kier molecular flexibility index (Phi) is 2.63. The van der Waals surface area contributed by atoms with Gasteiger partial charge in [-0.25, -0.2) is 0 Å². The fraction of sp³-hybridized carbons (Fsp3) is 0.0909. The number of phenols is 1. The van der Waals surface area contributed by atoms with Crippen LogP contribution in [-0.4, -0.2) is 5.11 Å². The molecule has 0 aliphatic carbocycles. The zero-order valence-corrected chi connectivity index (χ0v) is 8.77. The molecule has 0 saturated carbocycles. The Bertz CT molecular complexity index is 502. The normalized spacial score (nSPS) is 11.7. The van der Waals surface area contributed by atoms with Gasteiger partial charge >= 0.3 is 6.18 Å². The number of hydrogen-bond donors (Lipinski definition) is 1. The van der Waals surface area contributed by atoms with Gasteiger partial charge in [-0.15, -0.1) is 11.3 Å². The van der Waals surface area contributed by atoms with Crippen LogP contribution in [0.1, 0.15) is 4.88 Å². The van der Waals surface area contributed by atoms with Gasteiger partial charge in [0, 0.05) is 5.56 Å². The van der Waals surface area contributed by atoms with Crippen molar-refractivity contribution in [2.75, 3.05) is 0 Å². The largest absolute Gasteiger partial charge is 0.507 e. The van der Waals surface area contributed by atoms with Gasteiger partial charge in [0.15, 0.2) is 0 Å². The Balaban J connectivity index is 2.44. The van der Waals surface area contributed by atoms with E-state index in [1.165, 1.54) is 11.4 Å². The molecule has 2 aromatic rings. The van der Waals surface area contributed by atoms with Gasteiger partial charge in [-0.2, -0.15) is 13.2 Å². The van der Waals surface area contributed by atoms with Crippen molar-refractivity contribution in [1.82, 2.24) is 0 Å². The van der Waals surface area contributed by atoms with Crippen LogP contribution in [0.4, 0.5) is 13.2 Å². The fourth-order valence-electron chi connectivity index (χ4n) is 1.34. The Morgan fingerprint density at radius 2 is 1.81 bits per heavy atom. The van der Waals surface area contributed by atoms with E-state index >= 15 is 0 Å². The summed E-state index contributed by atoms with van der Waals surface area (Å²) in [7, 11) is 0. The SMILES string of the molecule is Oc1ccccc1-c1csc(C(F)(F)F)c1. The first kappa shape index (κ1) is 11.0. The van der Waals surface area contributed by atoms with Gasteiger partial charge in [0.25, 0.3) is 0 Å². The summed E-state index contributed by atoms with van der Waals surface area (Å²) in [5.41, 5.74) is 0.796. The molecule has 1 nitrogen and oxygen atoms in total. The molecule has 84 valence electrons. The number of thiophene rings is 1. The fourth-order valence-corrected chi connectivity index (χ4v) is 2.12. The average Bonchev–Trinajstić information content (AvgIpc) is 2.66. The Morgan fingerprint density at radius 3 is 2.38 bits per heavy atom. The van der Waals surface area contributed by atoms with Crippen molar-refractivity contribution in [2.45, 2.75) is 6.18 Å². The summed E-state index contributed by atoms with van der Waals surface area (Å²) >= 11 is 0.624. The minimum absolute atomic E-state index is 0.0194. The second-order valence-corrected chi connectivity index (χ2v) is 4.13. The van der Waals surface area contributed by atoms with E-state index in [2.05, 4.69) is 0 Å². The van der Waals surface area contributed by atoms with E-state index in [-0.39, 0.29) is 5.75 Å². The molecule has 0 aliphatic heterocycles. The van der Waals surface area contributed by atoms with Crippen LogP contribution < -0.4 is 0 Å². The lowest BCUT2D eigenvalue weighted by Gasteiger charge is -2.02. The van der Waals surface area contributed by atoms with E-state index in [1.54, 1.807) is 18.2 Å². The molecule has 1 aromatic heterocycles. The minimum atomic E-state index is -4.33. The first-order valence-corrected chi connectivity index (χ1v) is 5.30. The summed E-state index contributed by atoms with van der Waals surface area (Å²) in [6, 6.07) is 7.35. The van der Waals surface area contributed by atoms with E-state index in [1.807, 2.05) is 0 Å². The summed E-state index contributed by atoms with van der Waals surface area (Å²) in [6.07, 6.45) is -4.33. The third-order valence-corrected chi connectivity index (χ3v) is 3.07. The number of phenolic OH excluding ortho intramolecular Hbond substituents is 1. The molecule has 5 heteroatoms. The molecule has 16 heavy (non-hydrogen) atoms. The minimum Gasteiger partial charge on any atom is -0.507 e. The molecule has 1 heterocycles. The zero-order chi connectivity index (χ0) is 11.8. The summed E-state index contributed by atoms with van der Waals surface area (Å²) < 4.78 is 37.1. The quantitative estimate of drug-likeness (QED) is 0.799. The topological polar surface area (TPSA) is 20.2 Å². The number of halogens is 3. The number of rotatable bonds is 1. The second-order valence-electron chi connectivity index (χ2n) is 3.21. The highest BCUT2D eigenvalue weighted by molar-refractivity contribution is 7.10. The van der Waals surface area contributed by atoms with Crippen LogP contribution in [0.15, 0.2) is 35.7 Å². The van der Waals surface area contributed by atoms with Crippen molar-refractivity contribution < 1.29 is 18.3 Å². The number of aromatic hydroxyl groups is 1. The highest BCUT2D eigenvalue weighted by Gasteiger charge is 2.32. The average molecular weight is 244 g/mol. The van der Waals surface area contributed by atoms with Crippen LogP contribution in [0.3, 0.4) is 0 Å². The highest BCUT2D eigenvalue weighted by Crippen LogP contribution is 2.39. The predicted octanol–water partition coefficient (Wildman–Crippen LogP) is 4.14. The van der Waals surface area contributed by atoms with Gasteiger partial charge in [0.2, 0.25) is 0 Å². The van der Waals surface area contributed by atoms with Crippen LogP contribution in [-0.2, 0) is 6.18 Å². The summed E-state index contributed by atoms with van der Waals surface area (Å²) in [4.78, 5) is -0.661. The van der Waals surface area contributed by atoms with Crippen molar-refractivity contribution in [1.29, 1.82) is 0 Å². The lowest BCUT2D eigenvalue weighted by Crippen LogP contribution is -2.00. The van der Waals surface area contributed by atoms with Gasteiger partial charge in [0.05, 0.1) is 0 Å². The van der Waals surface area contributed by atoms with Crippen molar-refractivity contribution >= 4 is 11.3 Å². The van der Waals surface area contributed by atoms with Gasteiger partial charge in [-0.05, 0) is 23.1 Å². The lowest BCUT2D eigenvalue weighted by atomic mass is 10.1. The maximum absolute atomic E-state index is 12.4. The number of alkyl halides is 3. The predicted molar refractivity (Wildman–Crippen MR) is 56.4 cm³/mol.